The Balaban J connectivity index is 1.96. The second-order valence-electron chi connectivity index (χ2n) is 4.61. The van der Waals surface area contributed by atoms with E-state index in [1.807, 2.05) is 12.1 Å². The third-order valence-electron chi connectivity index (χ3n) is 3.45. The predicted octanol–water partition coefficient (Wildman–Crippen LogP) is 3.59. The highest BCUT2D eigenvalue weighted by molar-refractivity contribution is 6.31. The molecule has 2 aliphatic rings. The molecule has 0 N–H and O–H groups in total. The fourth-order valence-electron chi connectivity index (χ4n) is 2.54. The maximum absolute atomic E-state index is 6.55. The molecule has 1 saturated heterocycles. The van der Waals surface area contributed by atoms with E-state index < -0.39 is 0 Å². The molecule has 0 radical (unpaired) electrons. The SMILES string of the molecule is Clc1cc2c(c(C(Cl)C3CCOC3)c1)OCC2. The molecule has 4 heteroatoms. The van der Waals surface area contributed by atoms with E-state index in [-0.39, 0.29) is 5.38 Å². The number of ether oxygens (including phenoxy) is 2. The Hall–Kier alpha value is -0.440. The monoisotopic (exact) mass is 272 g/mol. The largest absolute Gasteiger partial charge is 0.493 e. The average Bonchev–Trinajstić information content (AvgIpc) is 2.97. The van der Waals surface area contributed by atoms with Gasteiger partial charge in [0.25, 0.3) is 0 Å². The third kappa shape index (κ3) is 2.14. The fraction of sp³-hybridized carbons (Fsp3) is 0.538. The van der Waals surface area contributed by atoms with Crippen molar-refractivity contribution in [3.63, 3.8) is 0 Å². The number of rotatable bonds is 2. The quantitative estimate of drug-likeness (QED) is 0.767. The molecule has 0 bridgehead atoms. The lowest BCUT2D eigenvalue weighted by Crippen LogP contribution is -2.09. The minimum Gasteiger partial charge on any atom is -0.493 e. The van der Waals surface area contributed by atoms with Gasteiger partial charge in [-0.1, -0.05) is 11.6 Å². The number of benzene rings is 1. The summed E-state index contributed by atoms with van der Waals surface area (Å²) >= 11 is 12.7. The molecule has 2 atom stereocenters. The van der Waals surface area contributed by atoms with Gasteiger partial charge in [0, 0.05) is 29.5 Å². The summed E-state index contributed by atoms with van der Waals surface area (Å²) < 4.78 is 11.1. The van der Waals surface area contributed by atoms with Crippen molar-refractivity contribution >= 4 is 23.2 Å². The van der Waals surface area contributed by atoms with Crippen LogP contribution in [0.25, 0.3) is 0 Å². The van der Waals surface area contributed by atoms with Crippen molar-refractivity contribution in [3.05, 3.63) is 28.3 Å². The van der Waals surface area contributed by atoms with E-state index >= 15 is 0 Å². The van der Waals surface area contributed by atoms with Gasteiger partial charge in [-0.25, -0.2) is 0 Å². The van der Waals surface area contributed by atoms with Crippen LogP contribution in [0.2, 0.25) is 5.02 Å². The lowest BCUT2D eigenvalue weighted by atomic mass is 9.95. The molecule has 0 saturated carbocycles. The van der Waals surface area contributed by atoms with Crippen molar-refractivity contribution in [2.24, 2.45) is 5.92 Å². The molecule has 0 aromatic heterocycles. The summed E-state index contributed by atoms with van der Waals surface area (Å²) in [7, 11) is 0. The van der Waals surface area contributed by atoms with Gasteiger partial charge in [-0.05, 0) is 24.1 Å². The lowest BCUT2D eigenvalue weighted by Gasteiger charge is -2.18. The summed E-state index contributed by atoms with van der Waals surface area (Å²) in [6.45, 7) is 2.26. The lowest BCUT2D eigenvalue weighted by molar-refractivity contribution is 0.185. The van der Waals surface area contributed by atoms with Crippen LogP contribution in [-0.4, -0.2) is 19.8 Å². The molecular formula is C13H14Cl2O2. The van der Waals surface area contributed by atoms with Crippen LogP contribution >= 0.6 is 23.2 Å². The molecule has 0 aliphatic carbocycles. The molecule has 0 spiro atoms. The zero-order valence-corrected chi connectivity index (χ0v) is 10.9. The van der Waals surface area contributed by atoms with Crippen LogP contribution in [0.3, 0.4) is 0 Å². The molecule has 3 rings (SSSR count). The first kappa shape index (κ1) is 11.6. The number of alkyl halides is 1. The van der Waals surface area contributed by atoms with Crippen molar-refractivity contribution in [1.82, 2.24) is 0 Å². The smallest absolute Gasteiger partial charge is 0.127 e. The van der Waals surface area contributed by atoms with E-state index in [1.54, 1.807) is 0 Å². The van der Waals surface area contributed by atoms with Crippen LogP contribution in [0.5, 0.6) is 5.75 Å². The van der Waals surface area contributed by atoms with Gasteiger partial charge < -0.3 is 9.47 Å². The normalized spacial score (nSPS) is 24.5. The van der Waals surface area contributed by atoms with Crippen molar-refractivity contribution in [1.29, 1.82) is 0 Å². The molecule has 17 heavy (non-hydrogen) atoms. The van der Waals surface area contributed by atoms with Crippen LogP contribution in [0, 0.1) is 5.92 Å². The van der Waals surface area contributed by atoms with Crippen LogP contribution in [0.1, 0.15) is 22.9 Å². The molecule has 2 unspecified atom stereocenters. The molecule has 2 nitrogen and oxygen atoms in total. The standard InChI is InChI=1S/C13H14Cl2O2/c14-10-5-8-2-4-17-13(8)11(6-10)12(15)9-1-3-16-7-9/h5-6,9,12H,1-4,7H2. The van der Waals surface area contributed by atoms with Gasteiger partial charge in [-0.15, -0.1) is 11.6 Å². The first-order chi connectivity index (χ1) is 8.25. The van der Waals surface area contributed by atoms with Gasteiger partial charge in [0.15, 0.2) is 0 Å². The summed E-state index contributed by atoms with van der Waals surface area (Å²) in [5.41, 5.74) is 2.21. The molecule has 92 valence electrons. The maximum Gasteiger partial charge on any atom is 0.127 e. The topological polar surface area (TPSA) is 18.5 Å². The summed E-state index contributed by atoms with van der Waals surface area (Å²) in [4.78, 5) is 0. The molecular weight excluding hydrogens is 259 g/mol. The van der Waals surface area contributed by atoms with E-state index in [0.717, 1.165) is 49.0 Å². The summed E-state index contributed by atoms with van der Waals surface area (Å²) in [5.74, 6) is 1.31. The average molecular weight is 273 g/mol. The van der Waals surface area contributed by atoms with Crippen molar-refractivity contribution < 1.29 is 9.47 Å². The number of hydrogen-bond acceptors (Lipinski definition) is 2. The highest BCUT2D eigenvalue weighted by Crippen LogP contribution is 2.43. The van der Waals surface area contributed by atoms with Crippen molar-refractivity contribution in [3.8, 4) is 5.75 Å². The Labute approximate surface area is 111 Å². The van der Waals surface area contributed by atoms with Crippen molar-refractivity contribution in [2.75, 3.05) is 19.8 Å². The molecule has 2 heterocycles. The Morgan fingerprint density at radius 2 is 2.18 bits per heavy atom. The van der Waals surface area contributed by atoms with E-state index in [9.17, 15) is 0 Å². The molecule has 1 aromatic carbocycles. The van der Waals surface area contributed by atoms with Gasteiger partial charge in [0.2, 0.25) is 0 Å². The Bertz CT molecular complexity index is 428. The van der Waals surface area contributed by atoms with E-state index in [0.29, 0.717) is 5.92 Å². The fourth-order valence-corrected chi connectivity index (χ4v) is 3.15. The highest BCUT2D eigenvalue weighted by Gasteiger charge is 2.30. The zero-order valence-electron chi connectivity index (χ0n) is 9.42. The molecule has 1 fully saturated rings. The van der Waals surface area contributed by atoms with Crippen LogP contribution in [-0.2, 0) is 11.2 Å². The molecule has 1 aromatic rings. The predicted molar refractivity (Wildman–Crippen MR) is 68.2 cm³/mol. The van der Waals surface area contributed by atoms with Gasteiger partial charge in [-0.2, -0.15) is 0 Å². The number of halogens is 2. The van der Waals surface area contributed by atoms with Gasteiger partial charge in [0.1, 0.15) is 5.75 Å². The van der Waals surface area contributed by atoms with Gasteiger partial charge in [-0.3, -0.25) is 0 Å². The second-order valence-corrected chi connectivity index (χ2v) is 5.51. The van der Waals surface area contributed by atoms with Crippen molar-refractivity contribution in [2.45, 2.75) is 18.2 Å². The molecule has 2 aliphatic heterocycles. The second kappa shape index (κ2) is 4.68. The minimum atomic E-state index is -0.0666. The Morgan fingerprint density at radius 3 is 2.94 bits per heavy atom. The number of fused-ring (bicyclic) bond motifs is 1. The van der Waals surface area contributed by atoms with Crippen LogP contribution < -0.4 is 4.74 Å². The Kier molecular flexibility index (Phi) is 3.20. The first-order valence-electron chi connectivity index (χ1n) is 5.92. The maximum atomic E-state index is 6.55. The minimum absolute atomic E-state index is 0.0666. The Morgan fingerprint density at radius 1 is 1.29 bits per heavy atom. The van der Waals surface area contributed by atoms with Crippen LogP contribution in [0.4, 0.5) is 0 Å². The summed E-state index contributed by atoms with van der Waals surface area (Å²) in [6, 6.07) is 3.91. The molecule has 0 amide bonds. The summed E-state index contributed by atoms with van der Waals surface area (Å²) in [5, 5.41) is 0.678. The van der Waals surface area contributed by atoms with E-state index in [2.05, 4.69) is 0 Å². The van der Waals surface area contributed by atoms with Gasteiger partial charge >= 0.3 is 0 Å². The zero-order chi connectivity index (χ0) is 11.8. The summed E-state index contributed by atoms with van der Waals surface area (Å²) in [6.07, 6.45) is 1.93. The first-order valence-corrected chi connectivity index (χ1v) is 6.74. The van der Waals surface area contributed by atoms with E-state index in [1.165, 1.54) is 5.56 Å². The van der Waals surface area contributed by atoms with Crippen LogP contribution in [0.15, 0.2) is 12.1 Å². The third-order valence-corrected chi connectivity index (χ3v) is 4.26. The highest BCUT2D eigenvalue weighted by atomic mass is 35.5. The van der Waals surface area contributed by atoms with E-state index in [4.69, 9.17) is 32.7 Å². The van der Waals surface area contributed by atoms with Gasteiger partial charge in [0.05, 0.1) is 18.6 Å². The number of hydrogen-bond donors (Lipinski definition) is 0.